The predicted octanol–water partition coefficient (Wildman–Crippen LogP) is 6.41. The predicted molar refractivity (Wildman–Crippen MR) is 98.2 cm³/mol. The van der Waals surface area contributed by atoms with Crippen LogP contribution in [-0.4, -0.2) is 4.98 Å². The van der Waals surface area contributed by atoms with Crippen LogP contribution in [-0.2, 0) is 6.54 Å². The molecule has 0 aliphatic carbocycles. The summed E-state index contributed by atoms with van der Waals surface area (Å²) >= 11 is 11.9. The molecular formula is C18H18Cl2N2O2. The van der Waals surface area contributed by atoms with Gasteiger partial charge < -0.3 is 14.5 Å². The molecule has 24 heavy (non-hydrogen) atoms. The Morgan fingerprint density at radius 2 is 1.83 bits per heavy atom. The zero-order valence-corrected chi connectivity index (χ0v) is 14.9. The van der Waals surface area contributed by atoms with E-state index in [9.17, 15) is 0 Å². The largest absolute Gasteiger partial charge is 0.457 e. The Kier molecular flexibility index (Phi) is 6.97. The number of oxazole rings is 1. The first-order valence-electron chi connectivity index (χ1n) is 7.56. The van der Waals surface area contributed by atoms with E-state index in [0.29, 0.717) is 34.1 Å². The minimum absolute atomic E-state index is 0.459. The molecule has 0 bridgehead atoms. The van der Waals surface area contributed by atoms with Crippen molar-refractivity contribution < 1.29 is 9.15 Å². The zero-order chi connectivity index (χ0) is 17.4. The van der Waals surface area contributed by atoms with Crippen LogP contribution >= 0.6 is 23.2 Å². The van der Waals surface area contributed by atoms with Crippen molar-refractivity contribution in [1.82, 2.24) is 4.98 Å². The van der Waals surface area contributed by atoms with Crippen LogP contribution in [0.15, 0.2) is 59.3 Å². The summed E-state index contributed by atoms with van der Waals surface area (Å²) in [6.45, 7) is 4.58. The standard InChI is InChI=1S/C16H12Cl2N2O2.C2H6/c17-14-5-4-13(9-15(14)18)22-12-3-1-2-11(8-12)10-20-16-19-6-7-21-16;1-2/h1-9H,10H2,(H,19,20);1-2H3. The van der Waals surface area contributed by atoms with Crippen LogP contribution in [0.4, 0.5) is 6.01 Å². The first kappa shape index (κ1) is 18.2. The van der Waals surface area contributed by atoms with Gasteiger partial charge >= 0.3 is 0 Å². The van der Waals surface area contributed by atoms with Crippen molar-refractivity contribution in [2.45, 2.75) is 20.4 Å². The fourth-order valence-corrected chi connectivity index (χ4v) is 2.17. The van der Waals surface area contributed by atoms with Gasteiger partial charge in [-0.25, -0.2) is 4.98 Å². The summed E-state index contributed by atoms with van der Waals surface area (Å²) in [7, 11) is 0. The third kappa shape index (κ3) is 5.18. The van der Waals surface area contributed by atoms with Gasteiger partial charge in [-0.1, -0.05) is 49.2 Å². The molecule has 3 rings (SSSR count). The molecule has 0 saturated carbocycles. The molecule has 4 nitrogen and oxygen atoms in total. The van der Waals surface area contributed by atoms with E-state index in [4.69, 9.17) is 32.4 Å². The molecule has 2 aromatic carbocycles. The van der Waals surface area contributed by atoms with E-state index in [1.165, 1.54) is 6.26 Å². The molecule has 0 aliphatic heterocycles. The average Bonchev–Trinajstić information content (AvgIpc) is 3.12. The third-order valence-corrected chi connectivity index (χ3v) is 3.64. The summed E-state index contributed by atoms with van der Waals surface area (Å²) in [5, 5.41) is 4.03. The Morgan fingerprint density at radius 1 is 1.04 bits per heavy atom. The molecule has 0 aliphatic rings. The minimum Gasteiger partial charge on any atom is -0.457 e. The lowest BCUT2D eigenvalue weighted by Gasteiger charge is -2.09. The summed E-state index contributed by atoms with van der Waals surface area (Å²) in [5.74, 6) is 1.34. The lowest BCUT2D eigenvalue weighted by Crippen LogP contribution is -1.99. The summed E-state index contributed by atoms with van der Waals surface area (Å²) in [6.07, 6.45) is 3.11. The molecule has 6 heteroatoms. The minimum atomic E-state index is 0.459. The fourth-order valence-electron chi connectivity index (χ4n) is 1.88. The highest BCUT2D eigenvalue weighted by molar-refractivity contribution is 6.42. The SMILES string of the molecule is CC.Clc1ccc(Oc2cccc(CNc3ncco3)c2)cc1Cl. The van der Waals surface area contributed by atoms with Crippen LogP contribution < -0.4 is 10.1 Å². The fraction of sp³-hybridized carbons (Fsp3) is 0.167. The molecule has 126 valence electrons. The first-order valence-corrected chi connectivity index (χ1v) is 8.31. The monoisotopic (exact) mass is 364 g/mol. The van der Waals surface area contributed by atoms with Gasteiger partial charge in [-0.3, -0.25) is 0 Å². The molecule has 0 fully saturated rings. The number of ether oxygens (including phenoxy) is 1. The number of nitrogens with one attached hydrogen (secondary N) is 1. The van der Waals surface area contributed by atoms with Gasteiger partial charge in [0.1, 0.15) is 17.8 Å². The van der Waals surface area contributed by atoms with Crippen molar-refractivity contribution in [2.24, 2.45) is 0 Å². The van der Waals surface area contributed by atoms with Crippen LogP contribution in [0.25, 0.3) is 0 Å². The summed E-state index contributed by atoms with van der Waals surface area (Å²) in [5.41, 5.74) is 1.04. The molecule has 1 N–H and O–H groups in total. The van der Waals surface area contributed by atoms with Crippen molar-refractivity contribution in [1.29, 1.82) is 0 Å². The van der Waals surface area contributed by atoms with Gasteiger partial charge in [0.2, 0.25) is 0 Å². The molecule has 1 heterocycles. The van der Waals surface area contributed by atoms with Crippen molar-refractivity contribution in [3.8, 4) is 11.5 Å². The second kappa shape index (κ2) is 9.21. The molecule has 3 aromatic rings. The summed E-state index contributed by atoms with van der Waals surface area (Å²) in [6, 6.07) is 13.3. The van der Waals surface area contributed by atoms with Crippen molar-refractivity contribution in [3.63, 3.8) is 0 Å². The number of aromatic nitrogens is 1. The molecule has 0 saturated heterocycles. The van der Waals surface area contributed by atoms with Crippen molar-refractivity contribution in [2.75, 3.05) is 5.32 Å². The second-order valence-corrected chi connectivity index (χ2v) is 5.33. The number of halogens is 2. The molecule has 0 atom stereocenters. The average molecular weight is 365 g/mol. The van der Waals surface area contributed by atoms with Gasteiger partial charge in [-0.2, -0.15) is 0 Å². The lowest BCUT2D eigenvalue weighted by molar-refractivity contribution is 0.482. The number of benzene rings is 2. The topological polar surface area (TPSA) is 47.3 Å². The maximum atomic E-state index is 5.98. The Morgan fingerprint density at radius 3 is 2.54 bits per heavy atom. The van der Waals surface area contributed by atoms with Gasteiger partial charge in [-0.15, -0.1) is 0 Å². The molecule has 1 aromatic heterocycles. The van der Waals surface area contributed by atoms with Crippen molar-refractivity contribution >= 4 is 29.2 Å². The Labute approximate surface area is 151 Å². The molecule has 0 spiro atoms. The Balaban J connectivity index is 0.00000100. The van der Waals surface area contributed by atoms with Crippen LogP contribution in [0.5, 0.6) is 11.5 Å². The molecule has 0 radical (unpaired) electrons. The van der Waals surface area contributed by atoms with E-state index in [-0.39, 0.29) is 0 Å². The molecule has 0 unspecified atom stereocenters. The second-order valence-electron chi connectivity index (χ2n) is 4.52. The van der Waals surface area contributed by atoms with Crippen LogP contribution in [0, 0.1) is 0 Å². The van der Waals surface area contributed by atoms with Crippen LogP contribution in [0.1, 0.15) is 19.4 Å². The summed E-state index contributed by atoms with van der Waals surface area (Å²) < 4.78 is 10.9. The molecular weight excluding hydrogens is 347 g/mol. The number of nitrogens with zero attached hydrogens (tertiary/aromatic N) is 1. The van der Waals surface area contributed by atoms with Crippen LogP contribution in [0.3, 0.4) is 0 Å². The van der Waals surface area contributed by atoms with Crippen molar-refractivity contribution in [3.05, 3.63) is 70.5 Å². The first-order chi connectivity index (χ1) is 11.7. The zero-order valence-electron chi connectivity index (χ0n) is 13.4. The third-order valence-electron chi connectivity index (χ3n) is 2.90. The van der Waals surface area contributed by atoms with E-state index in [1.54, 1.807) is 24.4 Å². The molecule has 0 amide bonds. The number of hydrogen-bond donors (Lipinski definition) is 1. The van der Waals surface area contributed by atoms with Gasteiger partial charge in [0.25, 0.3) is 6.01 Å². The van der Waals surface area contributed by atoms with E-state index < -0.39 is 0 Å². The van der Waals surface area contributed by atoms with E-state index in [0.717, 1.165) is 5.56 Å². The van der Waals surface area contributed by atoms with Gasteiger partial charge in [0, 0.05) is 12.6 Å². The van der Waals surface area contributed by atoms with Crippen LogP contribution in [0.2, 0.25) is 10.0 Å². The lowest BCUT2D eigenvalue weighted by atomic mass is 10.2. The van der Waals surface area contributed by atoms with Gasteiger partial charge in [0.05, 0.1) is 16.2 Å². The maximum Gasteiger partial charge on any atom is 0.294 e. The highest BCUT2D eigenvalue weighted by Crippen LogP contribution is 2.29. The Bertz CT molecular complexity index is 761. The van der Waals surface area contributed by atoms with Gasteiger partial charge in [0.15, 0.2) is 0 Å². The smallest absolute Gasteiger partial charge is 0.294 e. The summed E-state index contributed by atoms with van der Waals surface area (Å²) in [4.78, 5) is 4.00. The quantitative estimate of drug-likeness (QED) is 0.567. The Hall–Kier alpha value is -2.17. The number of rotatable bonds is 5. The number of anilines is 1. The van der Waals surface area contributed by atoms with E-state index in [1.807, 2.05) is 38.1 Å². The van der Waals surface area contributed by atoms with E-state index in [2.05, 4.69) is 10.3 Å². The maximum absolute atomic E-state index is 5.98. The highest BCUT2D eigenvalue weighted by atomic mass is 35.5. The van der Waals surface area contributed by atoms with Gasteiger partial charge in [-0.05, 0) is 29.8 Å². The highest BCUT2D eigenvalue weighted by Gasteiger charge is 2.03. The van der Waals surface area contributed by atoms with E-state index >= 15 is 0 Å². The number of hydrogen-bond acceptors (Lipinski definition) is 4. The normalized spacial score (nSPS) is 9.83.